The molecule has 0 bridgehead atoms. The third kappa shape index (κ3) is 3.67. The summed E-state index contributed by atoms with van der Waals surface area (Å²) in [6, 6.07) is 63.7. The minimum Gasteiger partial charge on any atom is -0.457 e. The molecule has 0 unspecified atom stereocenters. The summed E-state index contributed by atoms with van der Waals surface area (Å²) in [7, 11) is 0. The predicted octanol–water partition coefficient (Wildman–Crippen LogP) is 11.9. The van der Waals surface area contributed by atoms with Crippen molar-refractivity contribution in [1.82, 2.24) is 0 Å². The number of benzene rings is 8. The molecule has 1 heterocycles. The topological polar surface area (TPSA) is 12.5 Å². The average molecular weight is 600 g/mol. The number of anilines is 3. The van der Waals surface area contributed by atoms with Gasteiger partial charge < -0.3 is 9.64 Å². The maximum atomic E-state index is 6.54. The minimum atomic E-state index is -0.483. The number of ether oxygens (including phenoxy) is 1. The van der Waals surface area contributed by atoms with Gasteiger partial charge in [-0.05, 0) is 80.9 Å². The number of fused-ring (bicyclic) bond motifs is 11. The van der Waals surface area contributed by atoms with Crippen LogP contribution in [0.15, 0.2) is 176 Å². The Morgan fingerprint density at radius 1 is 0.383 bits per heavy atom. The van der Waals surface area contributed by atoms with Crippen LogP contribution in [0.3, 0.4) is 0 Å². The van der Waals surface area contributed by atoms with Gasteiger partial charge in [0.1, 0.15) is 11.5 Å². The lowest BCUT2D eigenvalue weighted by Crippen LogP contribution is -2.32. The van der Waals surface area contributed by atoms with Crippen LogP contribution in [0.2, 0.25) is 0 Å². The van der Waals surface area contributed by atoms with Crippen LogP contribution in [-0.2, 0) is 5.41 Å². The van der Waals surface area contributed by atoms with Crippen molar-refractivity contribution >= 4 is 38.6 Å². The first kappa shape index (κ1) is 26.1. The highest BCUT2D eigenvalue weighted by Crippen LogP contribution is 2.62. The van der Waals surface area contributed by atoms with Gasteiger partial charge in [-0.1, -0.05) is 133 Å². The molecule has 1 spiro atoms. The lowest BCUT2D eigenvalue weighted by atomic mass is 9.66. The van der Waals surface area contributed by atoms with Crippen molar-refractivity contribution in [3.63, 3.8) is 0 Å². The molecule has 10 rings (SSSR count). The maximum absolute atomic E-state index is 6.54. The molecule has 8 aromatic rings. The van der Waals surface area contributed by atoms with Crippen LogP contribution in [-0.4, -0.2) is 0 Å². The SMILES string of the molecule is c1ccc2c(c1)Oc1ccccc1C21c2ccccc2-c2cc(N(c3ccc4ccccc4c3)c3cccc4ccccc34)ccc21. The molecule has 0 aromatic heterocycles. The lowest BCUT2D eigenvalue weighted by molar-refractivity contribution is 0.436. The van der Waals surface area contributed by atoms with E-state index in [0.29, 0.717) is 0 Å². The summed E-state index contributed by atoms with van der Waals surface area (Å²) >= 11 is 0. The molecular weight excluding hydrogens is 571 g/mol. The van der Waals surface area contributed by atoms with Gasteiger partial charge in [0.2, 0.25) is 0 Å². The Morgan fingerprint density at radius 3 is 1.77 bits per heavy atom. The molecule has 1 aliphatic heterocycles. The predicted molar refractivity (Wildman–Crippen MR) is 194 cm³/mol. The smallest absolute Gasteiger partial charge is 0.132 e. The molecule has 2 heteroatoms. The molecule has 2 nitrogen and oxygen atoms in total. The fourth-order valence-corrected chi connectivity index (χ4v) is 8.13. The van der Waals surface area contributed by atoms with Crippen molar-refractivity contribution in [2.75, 3.05) is 4.90 Å². The standard InChI is InChI=1S/C45H29NO/c1-2-14-32-28-33(25-24-30(32)12-1)46(42-21-11-15-31-13-3-4-16-35(31)42)34-26-27-39-37(29-34)36-17-5-6-18-38(36)45(39)40-19-7-9-22-43(40)47-44-23-10-8-20-41(44)45/h1-29H. The molecule has 0 saturated carbocycles. The van der Waals surface area contributed by atoms with E-state index in [4.69, 9.17) is 4.74 Å². The summed E-state index contributed by atoms with van der Waals surface area (Å²) in [5.74, 6) is 1.82. The van der Waals surface area contributed by atoms with Crippen LogP contribution >= 0.6 is 0 Å². The molecule has 2 aliphatic rings. The van der Waals surface area contributed by atoms with Crippen molar-refractivity contribution < 1.29 is 4.74 Å². The molecule has 0 N–H and O–H groups in total. The monoisotopic (exact) mass is 599 g/mol. The summed E-state index contributed by atoms with van der Waals surface area (Å²) in [6.07, 6.45) is 0. The maximum Gasteiger partial charge on any atom is 0.132 e. The van der Waals surface area contributed by atoms with Crippen LogP contribution in [0.4, 0.5) is 17.1 Å². The summed E-state index contributed by atoms with van der Waals surface area (Å²) in [5, 5.41) is 4.89. The van der Waals surface area contributed by atoms with E-state index < -0.39 is 5.41 Å². The zero-order valence-corrected chi connectivity index (χ0v) is 25.6. The molecule has 47 heavy (non-hydrogen) atoms. The normalized spacial score (nSPS) is 13.4. The second-order valence-electron chi connectivity index (χ2n) is 12.5. The van der Waals surface area contributed by atoms with E-state index in [2.05, 4.69) is 181 Å². The average Bonchev–Trinajstić information content (AvgIpc) is 3.42. The largest absolute Gasteiger partial charge is 0.457 e. The van der Waals surface area contributed by atoms with Gasteiger partial charge in [-0.3, -0.25) is 0 Å². The summed E-state index contributed by atoms with van der Waals surface area (Å²) in [5.41, 5.74) is 10.3. The molecule has 0 saturated heterocycles. The van der Waals surface area contributed by atoms with Gasteiger partial charge in [-0.15, -0.1) is 0 Å². The first-order valence-corrected chi connectivity index (χ1v) is 16.2. The number of para-hydroxylation sites is 2. The van der Waals surface area contributed by atoms with Gasteiger partial charge in [-0.2, -0.15) is 0 Å². The van der Waals surface area contributed by atoms with Crippen molar-refractivity contribution in [2.45, 2.75) is 5.41 Å². The third-order valence-corrected chi connectivity index (χ3v) is 10.1. The Hall–Kier alpha value is -6.12. The highest BCUT2D eigenvalue weighted by molar-refractivity contribution is 6.01. The van der Waals surface area contributed by atoms with Gasteiger partial charge >= 0.3 is 0 Å². The van der Waals surface area contributed by atoms with Gasteiger partial charge in [0.15, 0.2) is 0 Å². The fraction of sp³-hybridized carbons (Fsp3) is 0.0222. The van der Waals surface area contributed by atoms with Gasteiger partial charge in [0, 0.05) is 27.9 Å². The Morgan fingerprint density at radius 2 is 0.957 bits per heavy atom. The second-order valence-corrected chi connectivity index (χ2v) is 12.5. The molecule has 0 radical (unpaired) electrons. The van der Waals surface area contributed by atoms with Gasteiger partial charge in [0.25, 0.3) is 0 Å². The van der Waals surface area contributed by atoms with Crippen molar-refractivity contribution in [3.05, 3.63) is 198 Å². The number of rotatable bonds is 3. The van der Waals surface area contributed by atoms with E-state index in [1.165, 1.54) is 54.9 Å². The molecule has 0 amide bonds. The van der Waals surface area contributed by atoms with E-state index in [-0.39, 0.29) is 0 Å². The van der Waals surface area contributed by atoms with Gasteiger partial charge in [0.05, 0.1) is 11.1 Å². The van der Waals surface area contributed by atoms with E-state index in [1.54, 1.807) is 0 Å². The van der Waals surface area contributed by atoms with E-state index in [1.807, 2.05) is 0 Å². The Kier molecular flexibility index (Phi) is 5.53. The number of hydrogen-bond acceptors (Lipinski definition) is 2. The van der Waals surface area contributed by atoms with Gasteiger partial charge in [-0.25, -0.2) is 0 Å². The van der Waals surface area contributed by atoms with Crippen LogP contribution < -0.4 is 9.64 Å². The summed E-state index contributed by atoms with van der Waals surface area (Å²) < 4.78 is 6.54. The summed E-state index contributed by atoms with van der Waals surface area (Å²) in [6.45, 7) is 0. The highest BCUT2D eigenvalue weighted by atomic mass is 16.5. The quantitative estimate of drug-likeness (QED) is 0.200. The molecule has 8 aromatic carbocycles. The van der Waals surface area contributed by atoms with Crippen LogP contribution in [0.5, 0.6) is 11.5 Å². The molecule has 0 fully saturated rings. The van der Waals surface area contributed by atoms with Crippen LogP contribution in [0, 0.1) is 0 Å². The molecule has 1 aliphatic carbocycles. The van der Waals surface area contributed by atoms with E-state index in [9.17, 15) is 0 Å². The Labute approximate surface area is 273 Å². The molecular formula is C45H29NO. The van der Waals surface area contributed by atoms with Crippen LogP contribution in [0.1, 0.15) is 22.3 Å². The first-order chi connectivity index (χ1) is 23.3. The van der Waals surface area contributed by atoms with Crippen LogP contribution in [0.25, 0.3) is 32.7 Å². The van der Waals surface area contributed by atoms with E-state index in [0.717, 1.165) is 28.6 Å². The van der Waals surface area contributed by atoms with Crippen molar-refractivity contribution in [3.8, 4) is 22.6 Å². The first-order valence-electron chi connectivity index (χ1n) is 16.2. The van der Waals surface area contributed by atoms with Crippen molar-refractivity contribution in [1.29, 1.82) is 0 Å². The lowest BCUT2D eigenvalue weighted by Gasteiger charge is -2.39. The number of hydrogen-bond donors (Lipinski definition) is 0. The Balaban J connectivity index is 1.27. The van der Waals surface area contributed by atoms with E-state index >= 15 is 0 Å². The highest BCUT2D eigenvalue weighted by Gasteiger charge is 2.51. The molecule has 220 valence electrons. The Bertz CT molecular complexity index is 2480. The summed E-state index contributed by atoms with van der Waals surface area (Å²) in [4.78, 5) is 2.43. The van der Waals surface area contributed by atoms with Crippen molar-refractivity contribution in [2.24, 2.45) is 0 Å². The third-order valence-electron chi connectivity index (χ3n) is 10.1. The minimum absolute atomic E-state index is 0.483. The second kappa shape index (κ2) is 9.94. The fourth-order valence-electron chi connectivity index (χ4n) is 8.13. The number of nitrogens with zero attached hydrogens (tertiary/aromatic N) is 1. The molecule has 0 atom stereocenters. The zero-order chi connectivity index (χ0) is 31.0. The zero-order valence-electron chi connectivity index (χ0n) is 25.6.